The molecule has 0 heterocycles. The molecule has 0 saturated heterocycles. The lowest BCUT2D eigenvalue weighted by Gasteiger charge is -2.12. The number of nitrogens with one attached hydrogen (secondary N) is 2. The molecular formula is C19H13ClF2N2OS. The average Bonchev–Trinajstić information content (AvgIpc) is 2.66. The molecule has 26 heavy (non-hydrogen) atoms. The van der Waals surface area contributed by atoms with E-state index in [1.54, 1.807) is 30.3 Å². The van der Waals surface area contributed by atoms with Crippen LogP contribution in [0.5, 0.6) is 0 Å². The summed E-state index contributed by atoms with van der Waals surface area (Å²) in [6.45, 7) is 0. The second-order valence-electron chi connectivity index (χ2n) is 5.25. The highest BCUT2D eigenvalue weighted by molar-refractivity contribution is 7.97. The second-order valence-corrected chi connectivity index (χ2v) is 6.53. The number of halogens is 3. The van der Waals surface area contributed by atoms with Crippen molar-refractivity contribution in [3.63, 3.8) is 0 Å². The van der Waals surface area contributed by atoms with E-state index in [-0.39, 0.29) is 10.6 Å². The van der Waals surface area contributed by atoms with Gasteiger partial charge in [-0.15, -0.1) is 0 Å². The summed E-state index contributed by atoms with van der Waals surface area (Å²) < 4.78 is 29.1. The summed E-state index contributed by atoms with van der Waals surface area (Å²) in [5, 5.41) is -0.328. The van der Waals surface area contributed by atoms with E-state index < -0.39 is 23.1 Å². The molecule has 3 nitrogen and oxygen atoms in total. The summed E-state index contributed by atoms with van der Waals surface area (Å²) in [5.74, 6) is -3.03. The maximum Gasteiger partial charge on any atom is 0.272 e. The number of carbonyl (C=O) groups is 1. The van der Waals surface area contributed by atoms with E-state index in [9.17, 15) is 13.6 Å². The summed E-state index contributed by atoms with van der Waals surface area (Å²) in [6, 6.07) is 18.8. The van der Waals surface area contributed by atoms with Gasteiger partial charge in [0.05, 0.1) is 5.02 Å². The minimum Gasteiger partial charge on any atom is -0.277 e. The van der Waals surface area contributed by atoms with Gasteiger partial charge < -0.3 is 0 Å². The zero-order valence-corrected chi connectivity index (χ0v) is 14.9. The summed E-state index contributed by atoms with van der Waals surface area (Å²) in [7, 11) is 0. The molecule has 0 aliphatic heterocycles. The van der Waals surface area contributed by atoms with Gasteiger partial charge in [0.2, 0.25) is 0 Å². The third-order valence-electron chi connectivity index (χ3n) is 3.54. The van der Waals surface area contributed by atoms with E-state index in [0.29, 0.717) is 5.56 Å². The smallest absolute Gasteiger partial charge is 0.272 e. The van der Waals surface area contributed by atoms with Crippen LogP contribution in [0, 0.1) is 11.6 Å². The van der Waals surface area contributed by atoms with Crippen LogP contribution in [0.3, 0.4) is 0 Å². The standard InChI is InChI=1S/C19H13ClF2N2OS/c20-15-11-14(12-7-3-1-4-8-12)17(21)16(18(15)22)19(25)23-24-26-13-9-5-2-6-10-13/h1-11,24H,(H,23,25). The van der Waals surface area contributed by atoms with Crippen LogP contribution in [0.1, 0.15) is 10.4 Å². The third kappa shape index (κ3) is 4.04. The zero-order valence-electron chi connectivity index (χ0n) is 13.3. The number of amides is 1. The van der Waals surface area contributed by atoms with E-state index in [2.05, 4.69) is 10.3 Å². The van der Waals surface area contributed by atoms with Crippen LogP contribution in [-0.2, 0) is 0 Å². The van der Waals surface area contributed by atoms with Gasteiger partial charge in [-0.25, -0.2) is 8.78 Å². The van der Waals surface area contributed by atoms with E-state index in [0.717, 1.165) is 16.8 Å². The fourth-order valence-electron chi connectivity index (χ4n) is 2.31. The lowest BCUT2D eigenvalue weighted by atomic mass is 10.0. The van der Waals surface area contributed by atoms with Crippen molar-refractivity contribution in [2.75, 3.05) is 0 Å². The van der Waals surface area contributed by atoms with Gasteiger partial charge in [-0.3, -0.25) is 10.2 Å². The van der Waals surface area contributed by atoms with Crippen molar-refractivity contribution in [1.82, 2.24) is 10.3 Å². The molecule has 2 N–H and O–H groups in total. The largest absolute Gasteiger partial charge is 0.277 e. The minimum absolute atomic E-state index is 0.0536. The molecule has 0 spiro atoms. The minimum atomic E-state index is -1.10. The molecule has 0 aliphatic rings. The first-order valence-electron chi connectivity index (χ1n) is 7.58. The van der Waals surface area contributed by atoms with Crippen LogP contribution in [0.4, 0.5) is 8.78 Å². The SMILES string of the molecule is O=C(NNSc1ccccc1)c1c(F)c(Cl)cc(-c2ccccc2)c1F. The number of rotatable bonds is 5. The average molecular weight is 391 g/mol. The molecule has 0 aromatic heterocycles. The molecule has 0 aliphatic carbocycles. The van der Waals surface area contributed by atoms with Crippen LogP contribution in [0.2, 0.25) is 5.02 Å². The Bertz CT molecular complexity index is 924. The van der Waals surface area contributed by atoms with Crippen molar-refractivity contribution in [3.8, 4) is 11.1 Å². The molecule has 0 unspecified atom stereocenters. The summed E-state index contributed by atoms with van der Waals surface area (Å²) in [4.78, 5) is 15.7. The number of benzene rings is 3. The Balaban J connectivity index is 1.84. The van der Waals surface area contributed by atoms with Gasteiger partial charge in [-0.2, -0.15) is 4.83 Å². The zero-order chi connectivity index (χ0) is 18.5. The molecule has 0 radical (unpaired) electrons. The lowest BCUT2D eigenvalue weighted by molar-refractivity contribution is 0.0938. The van der Waals surface area contributed by atoms with E-state index in [4.69, 9.17) is 11.6 Å². The number of hydrogen-bond donors (Lipinski definition) is 2. The lowest BCUT2D eigenvalue weighted by Crippen LogP contribution is -2.34. The predicted octanol–water partition coefficient (Wildman–Crippen LogP) is 5.23. The van der Waals surface area contributed by atoms with Crippen LogP contribution in [0.15, 0.2) is 71.6 Å². The molecule has 3 rings (SSSR count). The molecule has 0 bridgehead atoms. The van der Waals surface area contributed by atoms with Crippen molar-refractivity contribution < 1.29 is 13.6 Å². The van der Waals surface area contributed by atoms with E-state index >= 15 is 0 Å². The number of carbonyl (C=O) groups excluding carboxylic acids is 1. The van der Waals surface area contributed by atoms with Gasteiger partial charge >= 0.3 is 0 Å². The van der Waals surface area contributed by atoms with Gasteiger partial charge in [0.15, 0.2) is 5.82 Å². The summed E-state index contributed by atoms with van der Waals surface area (Å²) >= 11 is 6.97. The van der Waals surface area contributed by atoms with Crippen molar-refractivity contribution in [1.29, 1.82) is 0 Å². The predicted molar refractivity (Wildman–Crippen MR) is 99.7 cm³/mol. The van der Waals surface area contributed by atoms with Crippen LogP contribution in [0.25, 0.3) is 11.1 Å². The first-order valence-corrected chi connectivity index (χ1v) is 8.77. The Labute approximate surface area is 158 Å². The van der Waals surface area contributed by atoms with Crippen molar-refractivity contribution in [2.24, 2.45) is 0 Å². The normalized spacial score (nSPS) is 10.6. The van der Waals surface area contributed by atoms with E-state index in [1.165, 1.54) is 6.07 Å². The van der Waals surface area contributed by atoms with Gasteiger partial charge in [0.25, 0.3) is 5.91 Å². The Morgan fingerprint density at radius 1 is 0.923 bits per heavy atom. The molecule has 0 atom stereocenters. The highest BCUT2D eigenvalue weighted by Crippen LogP contribution is 2.31. The molecule has 3 aromatic rings. The molecule has 1 amide bonds. The van der Waals surface area contributed by atoms with Crippen molar-refractivity contribution in [3.05, 3.63) is 89.0 Å². The Morgan fingerprint density at radius 3 is 2.19 bits per heavy atom. The highest BCUT2D eigenvalue weighted by Gasteiger charge is 2.24. The van der Waals surface area contributed by atoms with Gasteiger partial charge in [0, 0.05) is 10.5 Å². The fraction of sp³-hybridized carbons (Fsp3) is 0. The quantitative estimate of drug-likeness (QED) is 0.356. The molecule has 0 fully saturated rings. The van der Waals surface area contributed by atoms with Crippen molar-refractivity contribution in [2.45, 2.75) is 4.90 Å². The molecule has 3 aromatic carbocycles. The van der Waals surface area contributed by atoms with Gasteiger partial charge in [-0.1, -0.05) is 60.1 Å². The van der Waals surface area contributed by atoms with Gasteiger partial charge in [0.1, 0.15) is 11.4 Å². The molecule has 0 saturated carbocycles. The number of hydrazine groups is 1. The second kappa shape index (κ2) is 8.31. The Hall–Kier alpha value is -2.41. The third-order valence-corrected chi connectivity index (χ3v) is 4.53. The number of hydrogen-bond acceptors (Lipinski definition) is 3. The molecule has 132 valence electrons. The monoisotopic (exact) mass is 390 g/mol. The maximum absolute atomic E-state index is 14.8. The summed E-state index contributed by atoms with van der Waals surface area (Å²) in [5.41, 5.74) is 2.08. The van der Waals surface area contributed by atoms with Crippen LogP contribution >= 0.6 is 23.5 Å². The maximum atomic E-state index is 14.8. The fourth-order valence-corrected chi connectivity index (χ4v) is 3.07. The Kier molecular flexibility index (Phi) is 5.88. The highest BCUT2D eigenvalue weighted by atomic mass is 35.5. The Morgan fingerprint density at radius 2 is 1.54 bits per heavy atom. The first kappa shape index (κ1) is 18.4. The molecular weight excluding hydrogens is 378 g/mol. The van der Waals surface area contributed by atoms with Crippen LogP contribution in [-0.4, -0.2) is 5.91 Å². The topological polar surface area (TPSA) is 41.1 Å². The first-order chi connectivity index (χ1) is 12.6. The van der Waals surface area contributed by atoms with E-state index in [1.807, 2.05) is 30.3 Å². The van der Waals surface area contributed by atoms with Crippen molar-refractivity contribution >= 4 is 29.5 Å². The van der Waals surface area contributed by atoms with Crippen LogP contribution < -0.4 is 10.3 Å². The molecule has 7 heteroatoms. The van der Waals surface area contributed by atoms with Gasteiger partial charge in [-0.05, 0) is 35.7 Å². The summed E-state index contributed by atoms with van der Waals surface area (Å²) in [6.07, 6.45) is 0.